The molecule has 0 saturated carbocycles. The van der Waals surface area contributed by atoms with Crippen molar-refractivity contribution >= 4 is 10.0 Å². The van der Waals surface area contributed by atoms with Gasteiger partial charge in [-0.25, -0.2) is 0 Å². The van der Waals surface area contributed by atoms with Crippen molar-refractivity contribution in [2.75, 3.05) is 34.0 Å². The van der Waals surface area contributed by atoms with E-state index in [0.29, 0.717) is 6.10 Å². The van der Waals surface area contributed by atoms with Crippen LogP contribution in [0.2, 0.25) is 0 Å². The fraction of sp³-hybridized carbons (Fsp3) is 1.00. The van der Waals surface area contributed by atoms with E-state index in [1.165, 1.54) is 0 Å². The maximum absolute atomic E-state index is 5.03. The maximum atomic E-state index is 5.03. The molecular formula is C7H18O4Si. The Morgan fingerprint density at radius 1 is 1.42 bits per heavy atom. The van der Waals surface area contributed by atoms with Gasteiger partial charge in [-0.05, 0) is 6.92 Å². The predicted octanol–water partition coefficient (Wildman–Crippen LogP) is -0.300. The van der Waals surface area contributed by atoms with Gasteiger partial charge in [0.1, 0.15) is 6.10 Å². The van der Waals surface area contributed by atoms with Gasteiger partial charge in [-0.3, -0.25) is 0 Å². The highest BCUT2D eigenvalue weighted by molar-refractivity contribution is 6.17. The number of epoxide rings is 1. The van der Waals surface area contributed by atoms with Crippen LogP contribution in [0.4, 0.5) is 0 Å². The molecule has 1 rings (SSSR count). The Hall–Kier alpha value is 0.0569. The lowest BCUT2D eigenvalue weighted by atomic mass is 10.5. The summed E-state index contributed by atoms with van der Waals surface area (Å²) in [6.07, 6.45) is 0.431. The molecule has 1 fully saturated rings. The number of ether oxygens (including phenoxy) is 2. The summed E-state index contributed by atoms with van der Waals surface area (Å²) in [5.74, 6) is 0. The Morgan fingerprint density at radius 3 is 2.25 bits per heavy atom. The van der Waals surface area contributed by atoms with Gasteiger partial charge in [-0.15, -0.1) is 0 Å². The van der Waals surface area contributed by atoms with Crippen molar-refractivity contribution in [1.82, 2.24) is 0 Å². The van der Waals surface area contributed by atoms with Crippen molar-refractivity contribution in [2.45, 2.75) is 13.0 Å². The van der Waals surface area contributed by atoms with Crippen molar-refractivity contribution in [2.24, 2.45) is 0 Å². The standard InChI is InChI=1S/C5H10O2.C2H8O2Si/c1-2-6-3-5-4-7-5;1-3-5-4-2/h5H,2-4H2,1H3;5H2,1-2H3. The molecule has 0 aromatic carbocycles. The van der Waals surface area contributed by atoms with Gasteiger partial charge in [0.15, 0.2) is 0 Å². The Balaban J connectivity index is 0.000000217. The van der Waals surface area contributed by atoms with Crippen LogP contribution in [0.25, 0.3) is 0 Å². The van der Waals surface area contributed by atoms with Crippen LogP contribution >= 0.6 is 0 Å². The highest BCUT2D eigenvalue weighted by Gasteiger charge is 2.21. The molecule has 0 N–H and O–H groups in total. The third-order valence-electron chi connectivity index (χ3n) is 1.15. The first kappa shape index (κ1) is 12.1. The van der Waals surface area contributed by atoms with Crippen molar-refractivity contribution in [3.63, 3.8) is 0 Å². The summed E-state index contributed by atoms with van der Waals surface area (Å²) in [7, 11) is 2.73. The minimum absolute atomic E-state index is 0.431. The highest BCUT2D eigenvalue weighted by Crippen LogP contribution is 2.07. The maximum Gasteiger partial charge on any atom is 0.303 e. The second-order valence-corrected chi connectivity index (χ2v) is 3.70. The van der Waals surface area contributed by atoms with Crippen LogP contribution in [0.3, 0.4) is 0 Å². The van der Waals surface area contributed by atoms with Gasteiger partial charge in [0, 0.05) is 20.8 Å². The molecule has 74 valence electrons. The second-order valence-electron chi connectivity index (χ2n) is 2.31. The van der Waals surface area contributed by atoms with E-state index < -0.39 is 10.0 Å². The Morgan fingerprint density at radius 2 is 2.00 bits per heavy atom. The molecule has 1 saturated heterocycles. The molecule has 1 aliphatic rings. The molecule has 0 amide bonds. The monoisotopic (exact) mass is 194 g/mol. The van der Waals surface area contributed by atoms with Crippen LogP contribution < -0.4 is 0 Å². The fourth-order valence-corrected chi connectivity index (χ4v) is 0.767. The molecule has 1 heterocycles. The van der Waals surface area contributed by atoms with Gasteiger partial charge in [0.05, 0.1) is 13.2 Å². The van der Waals surface area contributed by atoms with E-state index in [1.807, 2.05) is 6.92 Å². The third kappa shape index (κ3) is 10.1. The van der Waals surface area contributed by atoms with Crippen LogP contribution in [0, 0.1) is 0 Å². The lowest BCUT2D eigenvalue weighted by molar-refractivity contribution is 0.128. The first-order valence-corrected chi connectivity index (χ1v) is 5.17. The Kier molecular flexibility index (Phi) is 9.19. The largest absolute Gasteiger partial charge is 0.402 e. The smallest absolute Gasteiger partial charge is 0.303 e. The SMILES string of the molecule is CCOCC1CO1.CO[SiH2]OC. The minimum Gasteiger partial charge on any atom is -0.402 e. The summed E-state index contributed by atoms with van der Waals surface area (Å²) in [4.78, 5) is 0. The van der Waals surface area contributed by atoms with Crippen molar-refractivity contribution in [3.05, 3.63) is 0 Å². The molecule has 1 aliphatic heterocycles. The molecule has 1 atom stereocenters. The molecule has 0 aromatic heterocycles. The second kappa shape index (κ2) is 9.15. The minimum atomic E-state index is -0.568. The molecule has 0 bridgehead atoms. The molecule has 5 heteroatoms. The van der Waals surface area contributed by atoms with E-state index in [1.54, 1.807) is 14.2 Å². The van der Waals surface area contributed by atoms with E-state index >= 15 is 0 Å². The number of hydrogen-bond donors (Lipinski definition) is 0. The molecule has 0 radical (unpaired) electrons. The lowest BCUT2D eigenvalue weighted by Gasteiger charge is -1.91. The normalized spacial score (nSPS) is 19.8. The Bertz CT molecular complexity index is 85.5. The van der Waals surface area contributed by atoms with Gasteiger partial charge in [-0.1, -0.05) is 0 Å². The van der Waals surface area contributed by atoms with Gasteiger partial charge in [0.25, 0.3) is 0 Å². The summed E-state index contributed by atoms with van der Waals surface area (Å²) >= 11 is 0. The molecular weight excluding hydrogens is 176 g/mol. The van der Waals surface area contributed by atoms with Crippen LogP contribution in [-0.2, 0) is 18.3 Å². The summed E-state index contributed by atoms with van der Waals surface area (Å²) < 4.78 is 19.1. The topological polar surface area (TPSA) is 40.2 Å². The zero-order valence-electron chi connectivity index (χ0n) is 8.04. The fourth-order valence-electron chi connectivity index (χ4n) is 0.531. The summed E-state index contributed by atoms with van der Waals surface area (Å²) in [5.41, 5.74) is 0. The summed E-state index contributed by atoms with van der Waals surface area (Å²) in [5, 5.41) is 0. The van der Waals surface area contributed by atoms with Gasteiger partial charge < -0.3 is 18.3 Å². The van der Waals surface area contributed by atoms with Gasteiger partial charge >= 0.3 is 10.0 Å². The van der Waals surface area contributed by atoms with Crippen molar-refractivity contribution in [1.29, 1.82) is 0 Å². The average molecular weight is 194 g/mol. The first-order valence-electron chi connectivity index (χ1n) is 4.02. The number of rotatable bonds is 5. The van der Waals surface area contributed by atoms with Crippen LogP contribution in [-0.4, -0.2) is 50.2 Å². The van der Waals surface area contributed by atoms with E-state index in [0.717, 1.165) is 19.8 Å². The van der Waals surface area contributed by atoms with E-state index in [9.17, 15) is 0 Å². The average Bonchev–Trinajstić information content (AvgIpc) is 2.87. The molecule has 1 unspecified atom stereocenters. The molecule has 4 nitrogen and oxygen atoms in total. The van der Waals surface area contributed by atoms with Crippen LogP contribution in [0.1, 0.15) is 6.92 Å². The Labute approximate surface area is 76.2 Å². The van der Waals surface area contributed by atoms with E-state index in [2.05, 4.69) is 8.85 Å². The molecule has 0 spiro atoms. The van der Waals surface area contributed by atoms with E-state index in [4.69, 9.17) is 9.47 Å². The van der Waals surface area contributed by atoms with E-state index in [-0.39, 0.29) is 0 Å². The highest BCUT2D eigenvalue weighted by atomic mass is 28.3. The zero-order chi connectivity index (χ0) is 9.23. The summed E-state index contributed by atoms with van der Waals surface area (Å²) in [6, 6.07) is 0. The van der Waals surface area contributed by atoms with Crippen LogP contribution in [0.15, 0.2) is 0 Å². The predicted molar refractivity (Wildman–Crippen MR) is 48.8 cm³/mol. The molecule has 0 aromatic rings. The summed E-state index contributed by atoms with van der Waals surface area (Å²) in [6.45, 7) is 4.48. The molecule has 0 aliphatic carbocycles. The number of hydrogen-bond acceptors (Lipinski definition) is 4. The molecule has 12 heavy (non-hydrogen) atoms. The third-order valence-corrected chi connectivity index (χ3v) is 1.62. The quantitative estimate of drug-likeness (QED) is 0.445. The zero-order valence-corrected chi connectivity index (χ0v) is 9.45. The van der Waals surface area contributed by atoms with Crippen LogP contribution in [0.5, 0.6) is 0 Å². The van der Waals surface area contributed by atoms with Gasteiger partial charge in [-0.2, -0.15) is 0 Å². The van der Waals surface area contributed by atoms with Crippen molar-refractivity contribution < 1.29 is 18.3 Å². The lowest BCUT2D eigenvalue weighted by Crippen LogP contribution is -1.99. The van der Waals surface area contributed by atoms with Gasteiger partial charge in [0.2, 0.25) is 0 Å². The first-order chi connectivity index (χ1) is 5.85. The van der Waals surface area contributed by atoms with Crippen molar-refractivity contribution in [3.8, 4) is 0 Å².